The molecule has 4 nitrogen and oxygen atoms in total. The molecular weight excluding hydrogens is 395 g/mol. The second-order valence-electron chi connectivity index (χ2n) is 4.03. The van der Waals surface area contributed by atoms with E-state index in [1.807, 2.05) is 0 Å². The van der Waals surface area contributed by atoms with Gasteiger partial charge >= 0.3 is 0 Å². The number of nitrogens with zero attached hydrogens (tertiary/aromatic N) is 1. The van der Waals surface area contributed by atoms with E-state index in [1.165, 1.54) is 12.1 Å². The first kappa shape index (κ1) is 14.9. The van der Waals surface area contributed by atoms with E-state index >= 15 is 0 Å². The highest BCUT2D eigenvalue weighted by molar-refractivity contribution is 9.10. The van der Waals surface area contributed by atoms with Gasteiger partial charge in [-0.2, -0.15) is 0 Å². The van der Waals surface area contributed by atoms with Gasteiger partial charge < -0.3 is 5.32 Å². The standard InChI is InChI=1S/C13H9Br2FN2O2/c14-10-3-2-9(6-13(10)18(19)20)17-7-8-1-4-12(16)11(15)5-8/h1-6,17H,7H2. The van der Waals surface area contributed by atoms with Gasteiger partial charge in [0.2, 0.25) is 0 Å². The van der Waals surface area contributed by atoms with Crippen molar-refractivity contribution >= 4 is 43.2 Å². The molecule has 0 aliphatic rings. The second kappa shape index (κ2) is 6.32. The first-order valence-electron chi connectivity index (χ1n) is 5.59. The molecule has 0 saturated carbocycles. The molecule has 0 aliphatic carbocycles. The fraction of sp³-hybridized carbons (Fsp3) is 0.0769. The molecule has 1 N–H and O–H groups in total. The van der Waals surface area contributed by atoms with E-state index in [0.29, 0.717) is 21.2 Å². The minimum atomic E-state index is -0.455. The molecule has 0 atom stereocenters. The summed E-state index contributed by atoms with van der Waals surface area (Å²) in [6.07, 6.45) is 0. The molecule has 0 saturated heterocycles. The van der Waals surface area contributed by atoms with Crippen LogP contribution in [0.15, 0.2) is 45.3 Å². The maximum Gasteiger partial charge on any atom is 0.285 e. The van der Waals surface area contributed by atoms with Crippen molar-refractivity contribution in [3.8, 4) is 0 Å². The van der Waals surface area contributed by atoms with Gasteiger partial charge in [-0.05, 0) is 61.7 Å². The largest absolute Gasteiger partial charge is 0.381 e. The molecule has 0 unspecified atom stereocenters. The molecule has 7 heteroatoms. The predicted molar refractivity (Wildman–Crippen MR) is 82.2 cm³/mol. The van der Waals surface area contributed by atoms with Crippen LogP contribution in [0.4, 0.5) is 15.8 Å². The highest BCUT2D eigenvalue weighted by Gasteiger charge is 2.12. The van der Waals surface area contributed by atoms with E-state index in [9.17, 15) is 14.5 Å². The minimum Gasteiger partial charge on any atom is -0.381 e. The minimum absolute atomic E-state index is 0.00436. The van der Waals surface area contributed by atoms with Crippen LogP contribution in [0.3, 0.4) is 0 Å². The summed E-state index contributed by atoms with van der Waals surface area (Å²) in [6, 6.07) is 9.47. The van der Waals surface area contributed by atoms with Crippen molar-refractivity contribution in [2.75, 3.05) is 5.32 Å². The summed E-state index contributed by atoms with van der Waals surface area (Å²) in [6.45, 7) is 0.442. The zero-order valence-corrected chi connectivity index (χ0v) is 13.2. The lowest BCUT2D eigenvalue weighted by Crippen LogP contribution is -2.00. The number of hydrogen-bond donors (Lipinski definition) is 1. The Morgan fingerprint density at radius 1 is 1.15 bits per heavy atom. The number of anilines is 1. The lowest BCUT2D eigenvalue weighted by molar-refractivity contribution is -0.385. The Labute approximate surface area is 131 Å². The fourth-order valence-electron chi connectivity index (χ4n) is 1.62. The maximum absolute atomic E-state index is 13.1. The van der Waals surface area contributed by atoms with E-state index in [2.05, 4.69) is 37.2 Å². The van der Waals surface area contributed by atoms with Gasteiger partial charge in [-0.1, -0.05) is 6.07 Å². The molecule has 0 bridgehead atoms. The summed E-state index contributed by atoms with van der Waals surface area (Å²) in [5, 5.41) is 13.9. The number of hydrogen-bond acceptors (Lipinski definition) is 3. The summed E-state index contributed by atoms with van der Waals surface area (Å²) < 4.78 is 13.9. The van der Waals surface area contributed by atoms with Crippen LogP contribution in [0.2, 0.25) is 0 Å². The van der Waals surface area contributed by atoms with E-state index in [0.717, 1.165) is 5.56 Å². The van der Waals surface area contributed by atoms with Gasteiger partial charge in [0.15, 0.2) is 0 Å². The number of halogens is 3. The highest BCUT2D eigenvalue weighted by atomic mass is 79.9. The van der Waals surface area contributed by atoms with Crippen molar-refractivity contribution in [2.24, 2.45) is 0 Å². The van der Waals surface area contributed by atoms with Gasteiger partial charge in [0.25, 0.3) is 5.69 Å². The number of rotatable bonds is 4. The van der Waals surface area contributed by atoms with Crippen LogP contribution < -0.4 is 5.32 Å². The van der Waals surface area contributed by atoms with Crippen molar-refractivity contribution in [3.05, 3.63) is 66.8 Å². The first-order valence-corrected chi connectivity index (χ1v) is 7.17. The average Bonchev–Trinajstić information content (AvgIpc) is 2.41. The third kappa shape index (κ3) is 3.55. The third-order valence-corrected chi connectivity index (χ3v) is 3.90. The number of nitro benzene ring substituents is 1. The maximum atomic E-state index is 13.1. The van der Waals surface area contributed by atoms with E-state index in [4.69, 9.17) is 0 Å². The Balaban J connectivity index is 2.12. The smallest absolute Gasteiger partial charge is 0.285 e. The Morgan fingerprint density at radius 3 is 2.55 bits per heavy atom. The molecule has 0 amide bonds. The number of nitrogens with one attached hydrogen (secondary N) is 1. The molecule has 104 valence electrons. The molecule has 2 aromatic rings. The van der Waals surface area contributed by atoms with Gasteiger partial charge in [0, 0.05) is 18.3 Å². The third-order valence-electron chi connectivity index (χ3n) is 2.62. The second-order valence-corrected chi connectivity index (χ2v) is 5.73. The predicted octanol–water partition coefficient (Wildman–Crippen LogP) is 4.87. The van der Waals surface area contributed by atoms with Crippen LogP contribution in [0.1, 0.15) is 5.56 Å². The van der Waals surface area contributed by atoms with Crippen LogP contribution in [0, 0.1) is 15.9 Å². The van der Waals surface area contributed by atoms with Gasteiger partial charge in [-0.3, -0.25) is 10.1 Å². The van der Waals surface area contributed by atoms with Gasteiger partial charge in [0.1, 0.15) is 5.82 Å². The van der Waals surface area contributed by atoms with Crippen LogP contribution >= 0.6 is 31.9 Å². The summed E-state index contributed by atoms with van der Waals surface area (Å²) in [5.41, 5.74) is 1.49. The molecule has 0 aromatic heterocycles. The first-order chi connectivity index (χ1) is 9.47. The summed E-state index contributed by atoms with van der Waals surface area (Å²) in [7, 11) is 0. The molecule has 0 radical (unpaired) electrons. The van der Waals surface area contributed by atoms with Crippen LogP contribution in [0.25, 0.3) is 0 Å². The van der Waals surface area contributed by atoms with Crippen LogP contribution in [-0.4, -0.2) is 4.92 Å². The zero-order chi connectivity index (χ0) is 14.7. The Bertz CT molecular complexity index is 665. The summed E-state index contributed by atoms with van der Waals surface area (Å²) >= 11 is 6.24. The molecule has 0 heterocycles. The van der Waals surface area contributed by atoms with E-state index in [1.54, 1.807) is 24.3 Å². The Morgan fingerprint density at radius 2 is 1.90 bits per heavy atom. The number of nitro groups is 1. The lowest BCUT2D eigenvalue weighted by Gasteiger charge is -2.07. The Hall–Kier alpha value is -1.47. The van der Waals surface area contributed by atoms with Crippen molar-refractivity contribution in [1.29, 1.82) is 0 Å². The van der Waals surface area contributed by atoms with Gasteiger partial charge in [-0.25, -0.2) is 4.39 Å². The molecule has 2 rings (SSSR count). The average molecular weight is 404 g/mol. The molecule has 0 spiro atoms. The quantitative estimate of drug-likeness (QED) is 0.585. The molecule has 0 fully saturated rings. The molecule has 20 heavy (non-hydrogen) atoms. The van der Waals surface area contributed by atoms with E-state index < -0.39 is 4.92 Å². The molecular formula is C13H9Br2FN2O2. The van der Waals surface area contributed by atoms with Crippen LogP contribution in [-0.2, 0) is 6.54 Å². The summed E-state index contributed by atoms with van der Waals surface area (Å²) in [5.74, 6) is -0.326. The van der Waals surface area contributed by atoms with Crippen molar-refractivity contribution < 1.29 is 9.31 Å². The normalized spacial score (nSPS) is 10.3. The molecule has 2 aromatic carbocycles. The monoisotopic (exact) mass is 402 g/mol. The zero-order valence-electron chi connectivity index (χ0n) is 10.1. The van der Waals surface area contributed by atoms with Crippen molar-refractivity contribution in [2.45, 2.75) is 6.54 Å². The summed E-state index contributed by atoms with van der Waals surface area (Å²) in [4.78, 5) is 10.4. The SMILES string of the molecule is O=[N+]([O-])c1cc(NCc2ccc(F)c(Br)c2)ccc1Br. The molecule has 0 aliphatic heterocycles. The van der Waals surface area contributed by atoms with Crippen molar-refractivity contribution in [1.82, 2.24) is 0 Å². The van der Waals surface area contributed by atoms with Crippen LogP contribution in [0.5, 0.6) is 0 Å². The number of benzene rings is 2. The highest BCUT2D eigenvalue weighted by Crippen LogP contribution is 2.28. The fourth-order valence-corrected chi connectivity index (χ4v) is 2.43. The lowest BCUT2D eigenvalue weighted by atomic mass is 10.2. The van der Waals surface area contributed by atoms with Gasteiger partial charge in [0.05, 0.1) is 13.9 Å². The topological polar surface area (TPSA) is 55.2 Å². The van der Waals surface area contributed by atoms with Crippen molar-refractivity contribution in [3.63, 3.8) is 0 Å². The Kier molecular flexibility index (Phi) is 4.72. The van der Waals surface area contributed by atoms with E-state index in [-0.39, 0.29) is 11.5 Å². The van der Waals surface area contributed by atoms with Gasteiger partial charge in [-0.15, -0.1) is 0 Å².